The van der Waals surface area contributed by atoms with Gasteiger partial charge in [-0.25, -0.2) is 4.98 Å². The van der Waals surface area contributed by atoms with E-state index in [1.807, 2.05) is 18.0 Å². The third-order valence-corrected chi connectivity index (χ3v) is 2.90. The first kappa shape index (κ1) is 13.0. The molecule has 0 unspecified atom stereocenters. The van der Waals surface area contributed by atoms with Crippen molar-refractivity contribution < 1.29 is 9.84 Å². The second-order valence-corrected chi connectivity index (χ2v) is 4.42. The molecule has 2 heterocycles. The molecule has 0 aromatic carbocycles. The van der Waals surface area contributed by atoms with E-state index in [0.717, 1.165) is 31.1 Å². The van der Waals surface area contributed by atoms with Crippen LogP contribution in [0.1, 0.15) is 12.6 Å². The maximum absolute atomic E-state index is 8.96. The fourth-order valence-corrected chi connectivity index (χ4v) is 1.69. The summed E-state index contributed by atoms with van der Waals surface area (Å²) in [7, 11) is 1.88. The molecule has 1 aromatic rings. The highest BCUT2D eigenvalue weighted by Gasteiger charge is 2.19. The lowest BCUT2D eigenvalue weighted by Gasteiger charge is -2.28. The van der Waals surface area contributed by atoms with Crippen LogP contribution in [0.25, 0.3) is 0 Å². The topological polar surface area (TPSA) is 70.5 Å². The van der Waals surface area contributed by atoms with Crippen molar-refractivity contribution in [3.8, 4) is 0 Å². The third-order valence-electron chi connectivity index (χ3n) is 2.90. The van der Waals surface area contributed by atoms with Gasteiger partial charge in [-0.05, 0) is 6.42 Å². The fourth-order valence-electron chi connectivity index (χ4n) is 1.69. The average molecular weight is 252 g/mol. The van der Waals surface area contributed by atoms with E-state index in [1.54, 1.807) is 0 Å². The molecule has 18 heavy (non-hydrogen) atoms. The molecule has 6 heteroatoms. The van der Waals surface area contributed by atoms with Crippen molar-refractivity contribution in [2.45, 2.75) is 19.4 Å². The lowest BCUT2D eigenvalue weighted by atomic mass is 10.2. The van der Waals surface area contributed by atoms with Gasteiger partial charge in [0.05, 0.1) is 25.9 Å². The highest BCUT2D eigenvalue weighted by atomic mass is 16.5. The Bertz CT molecular complexity index is 396. The highest BCUT2D eigenvalue weighted by molar-refractivity contribution is 5.44. The van der Waals surface area contributed by atoms with Crippen molar-refractivity contribution in [1.29, 1.82) is 0 Å². The van der Waals surface area contributed by atoms with Crippen LogP contribution < -0.4 is 10.2 Å². The van der Waals surface area contributed by atoms with Gasteiger partial charge in [-0.15, -0.1) is 0 Å². The van der Waals surface area contributed by atoms with E-state index in [4.69, 9.17) is 9.84 Å². The van der Waals surface area contributed by atoms with Gasteiger partial charge in [-0.3, -0.25) is 0 Å². The van der Waals surface area contributed by atoms with E-state index < -0.39 is 0 Å². The van der Waals surface area contributed by atoms with E-state index in [-0.39, 0.29) is 6.61 Å². The Kier molecular flexibility index (Phi) is 4.33. The summed E-state index contributed by atoms with van der Waals surface area (Å²) in [5.41, 5.74) is 0.993. The van der Waals surface area contributed by atoms with Crippen LogP contribution in [-0.4, -0.2) is 54.5 Å². The second-order valence-electron chi connectivity index (χ2n) is 4.42. The molecule has 2 rings (SSSR count). The van der Waals surface area contributed by atoms with Crippen LogP contribution in [0.2, 0.25) is 0 Å². The predicted molar refractivity (Wildman–Crippen MR) is 70.0 cm³/mol. The van der Waals surface area contributed by atoms with Crippen LogP contribution in [0.5, 0.6) is 0 Å². The van der Waals surface area contributed by atoms with Crippen molar-refractivity contribution in [3.63, 3.8) is 0 Å². The molecule has 2 N–H and O–H groups in total. The fraction of sp³-hybridized carbons (Fsp3) is 0.667. The Hall–Kier alpha value is -1.40. The molecule has 0 atom stereocenters. The zero-order valence-corrected chi connectivity index (χ0v) is 10.9. The average Bonchev–Trinajstić information content (AvgIpc) is 2.34. The number of nitrogens with one attached hydrogen (secondary N) is 1. The molecule has 0 radical (unpaired) electrons. The molecule has 1 saturated heterocycles. The first-order valence-corrected chi connectivity index (χ1v) is 6.27. The van der Waals surface area contributed by atoms with E-state index in [0.29, 0.717) is 18.5 Å². The van der Waals surface area contributed by atoms with Gasteiger partial charge in [0, 0.05) is 25.4 Å². The molecule has 1 fully saturated rings. The molecule has 1 aliphatic heterocycles. The molecule has 0 saturated carbocycles. The minimum Gasteiger partial charge on any atom is -0.395 e. The molecule has 0 bridgehead atoms. The van der Waals surface area contributed by atoms with Crippen LogP contribution in [-0.2, 0) is 11.2 Å². The Morgan fingerprint density at radius 3 is 2.83 bits per heavy atom. The number of aliphatic hydroxyl groups is 1. The van der Waals surface area contributed by atoms with Gasteiger partial charge in [0.1, 0.15) is 5.82 Å². The summed E-state index contributed by atoms with van der Waals surface area (Å²) in [5.74, 6) is 1.47. The van der Waals surface area contributed by atoms with Crippen LogP contribution in [0, 0.1) is 0 Å². The number of rotatable bonds is 6. The van der Waals surface area contributed by atoms with E-state index >= 15 is 0 Å². The smallest absolute Gasteiger partial charge is 0.227 e. The van der Waals surface area contributed by atoms with Crippen molar-refractivity contribution in [1.82, 2.24) is 9.97 Å². The van der Waals surface area contributed by atoms with Gasteiger partial charge in [0.15, 0.2) is 0 Å². The summed E-state index contributed by atoms with van der Waals surface area (Å²) in [6.07, 6.45) is 0.859. The van der Waals surface area contributed by atoms with Gasteiger partial charge in [-0.1, -0.05) is 6.92 Å². The number of aliphatic hydroxyl groups excluding tert-OH is 1. The lowest BCUT2D eigenvalue weighted by molar-refractivity contribution is 0.0209. The minimum atomic E-state index is 0.0927. The van der Waals surface area contributed by atoms with Gasteiger partial charge < -0.3 is 20.1 Å². The largest absolute Gasteiger partial charge is 0.395 e. The summed E-state index contributed by atoms with van der Waals surface area (Å²) in [6, 6.07) is 2.31. The third kappa shape index (κ3) is 3.08. The van der Waals surface area contributed by atoms with Crippen molar-refractivity contribution in [2.75, 3.05) is 43.6 Å². The number of nitrogens with zero attached hydrogens (tertiary/aromatic N) is 3. The number of hydrogen-bond acceptors (Lipinski definition) is 6. The lowest BCUT2D eigenvalue weighted by Crippen LogP contribution is -2.40. The van der Waals surface area contributed by atoms with Crippen LogP contribution in [0.15, 0.2) is 6.07 Å². The number of hydrogen-bond donors (Lipinski definition) is 2. The summed E-state index contributed by atoms with van der Waals surface area (Å²) in [5, 5.41) is 12.3. The summed E-state index contributed by atoms with van der Waals surface area (Å²) >= 11 is 0. The number of anilines is 2. The van der Waals surface area contributed by atoms with Crippen LogP contribution in [0.3, 0.4) is 0 Å². The van der Waals surface area contributed by atoms with E-state index in [1.165, 1.54) is 0 Å². The maximum Gasteiger partial charge on any atom is 0.227 e. The summed E-state index contributed by atoms with van der Waals surface area (Å²) < 4.78 is 5.13. The number of aryl methyl sites for hydroxylation is 1. The van der Waals surface area contributed by atoms with Gasteiger partial charge in [0.25, 0.3) is 0 Å². The quantitative estimate of drug-likeness (QED) is 0.758. The Balaban J connectivity index is 2.14. The van der Waals surface area contributed by atoms with E-state index in [2.05, 4.69) is 22.2 Å². The normalized spacial score (nSPS) is 15.3. The monoisotopic (exact) mass is 252 g/mol. The maximum atomic E-state index is 8.96. The molecule has 0 amide bonds. The molecular formula is C12H20N4O2. The minimum absolute atomic E-state index is 0.0927. The Morgan fingerprint density at radius 1 is 1.50 bits per heavy atom. The zero-order chi connectivity index (χ0) is 13.0. The highest BCUT2D eigenvalue weighted by Crippen LogP contribution is 2.16. The van der Waals surface area contributed by atoms with Gasteiger partial charge in [0.2, 0.25) is 5.95 Å². The number of ether oxygens (including phenoxy) is 1. The van der Waals surface area contributed by atoms with Crippen molar-refractivity contribution in [3.05, 3.63) is 11.8 Å². The van der Waals surface area contributed by atoms with Gasteiger partial charge >= 0.3 is 0 Å². The van der Waals surface area contributed by atoms with E-state index in [9.17, 15) is 0 Å². The second kappa shape index (κ2) is 5.97. The standard InChI is InChI=1S/C12H20N4O2/c1-3-9-6-11(13-10-7-18-8-10)15-12(14-9)16(2)4-5-17/h6,10,17H,3-5,7-8H2,1-2H3,(H,13,14,15). The Morgan fingerprint density at radius 2 is 2.28 bits per heavy atom. The number of aromatic nitrogens is 2. The molecule has 0 aliphatic carbocycles. The number of likely N-dealkylation sites (N-methyl/N-ethyl adjacent to an activating group) is 1. The molecule has 1 aromatic heterocycles. The SMILES string of the molecule is CCc1cc(NC2COC2)nc(N(C)CCO)n1. The molecule has 0 spiro atoms. The molecule has 1 aliphatic rings. The van der Waals surface area contributed by atoms with Crippen molar-refractivity contribution >= 4 is 11.8 Å². The summed E-state index contributed by atoms with van der Waals surface area (Å²) in [4.78, 5) is 10.8. The first-order chi connectivity index (χ1) is 8.72. The molecular weight excluding hydrogens is 232 g/mol. The van der Waals surface area contributed by atoms with Gasteiger partial charge in [-0.2, -0.15) is 4.98 Å². The molecule has 6 nitrogen and oxygen atoms in total. The molecule has 100 valence electrons. The Labute approximate surface area is 107 Å². The zero-order valence-electron chi connectivity index (χ0n) is 10.9. The van der Waals surface area contributed by atoms with Crippen LogP contribution in [0.4, 0.5) is 11.8 Å². The van der Waals surface area contributed by atoms with Crippen LogP contribution >= 0.6 is 0 Å². The van der Waals surface area contributed by atoms with Crippen molar-refractivity contribution in [2.24, 2.45) is 0 Å². The summed E-state index contributed by atoms with van der Waals surface area (Å²) in [6.45, 7) is 4.14. The predicted octanol–water partition coefficient (Wildman–Crippen LogP) is 0.278. The first-order valence-electron chi connectivity index (χ1n) is 6.27.